The summed E-state index contributed by atoms with van der Waals surface area (Å²) < 4.78 is 5.20. The molecule has 2 rings (SSSR count). The Morgan fingerprint density at radius 1 is 1.00 bits per heavy atom. The molecule has 0 aliphatic heterocycles. The SMILES string of the molecule is CC(C)c1ccc(COC(=O)NCc2ccccc2)cc1. The summed E-state index contributed by atoms with van der Waals surface area (Å²) in [6.45, 7) is 5.08. The van der Waals surface area contributed by atoms with E-state index in [-0.39, 0.29) is 0 Å². The molecular weight excluding hydrogens is 262 g/mol. The third kappa shape index (κ3) is 4.95. The number of hydrogen-bond donors (Lipinski definition) is 1. The van der Waals surface area contributed by atoms with Crippen LogP contribution in [-0.4, -0.2) is 6.09 Å². The average molecular weight is 283 g/mol. The van der Waals surface area contributed by atoms with Gasteiger partial charge in [0.25, 0.3) is 0 Å². The predicted molar refractivity (Wildman–Crippen MR) is 84.0 cm³/mol. The fourth-order valence-electron chi connectivity index (χ4n) is 1.97. The van der Waals surface area contributed by atoms with Crippen LogP contribution in [0.15, 0.2) is 54.6 Å². The van der Waals surface area contributed by atoms with E-state index in [4.69, 9.17) is 4.74 Å². The van der Waals surface area contributed by atoms with Gasteiger partial charge in [0.2, 0.25) is 0 Å². The molecule has 0 spiro atoms. The number of benzene rings is 2. The quantitative estimate of drug-likeness (QED) is 0.891. The molecule has 0 unspecified atom stereocenters. The zero-order chi connectivity index (χ0) is 15.1. The highest BCUT2D eigenvalue weighted by atomic mass is 16.5. The predicted octanol–water partition coefficient (Wildman–Crippen LogP) is 4.24. The summed E-state index contributed by atoms with van der Waals surface area (Å²) in [6, 6.07) is 17.9. The minimum absolute atomic E-state index is 0.291. The number of hydrogen-bond acceptors (Lipinski definition) is 2. The second kappa shape index (κ2) is 7.48. The second-order valence-corrected chi connectivity index (χ2v) is 5.31. The summed E-state index contributed by atoms with van der Waals surface area (Å²) in [5, 5.41) is 2.74. The number of amides is 1. The largest absolute Gasteiger partial charge is 0.445 e. The van der Waals surface area contributed by atoms with Crippen LogP contribution in [0.3, 0.4) is 0 Å². The smallest absolute Gasteiger partial charge is 0.407 e. The molecule has 0 fully saturated rings. The summed E-state index contributed by atoms with van der Waals surface area (Å²) in [7, 11) is 0. The van der Waals surface area contributed by atoms with Crippen LogP contribution in [0.4, 0.5) is 4.79 Å². The molecular formula is C18H21NO2. The van der Waals surface area contributed by atoms with Gasteiger partial charge in [0, 0.05) is 6.54 Å². The Morgan fingerprint density at radius 3 is 2.29 bits per heavy atom. The van der Waals surface area contributed by atoms with Crippen LogP contribution < -0.4 is 5.32 Å². The number of alkyl carbamates (subject to hydrolysis) is 1. The van der Waals surface area contributed by atoms with E-state index in [0.717, 1.165) is 11.1 Å². The fraction of sp³-hybridized carbons (Fsp3) is 0.278. The molecule has 1 N–H and O–H groups in total. The van der Waals surface area contributed by atoms with E-state index in [1.165, 1.54) is 5.56 Å². The van der Waals surface area contributed by atoms with Gasteiger partial charge in [-0.1, -0.05) is 68.4 Å². The highest BCUT2D eigenvalue weighted by Gasteiger charge is 2.03. The number of rotatable bonds is 5. The van der Waals surface area contributed by atoms with Crippen LogP contribution in [-0.2, 0) is 17.9 Å². The molecule has 3 heteroatoms. The van der Waals surface area contributed by atoms with Crippen molar-refractivity contribution >= 4 is 6.09 Å². The van der Waals surface area contributed by atoms with Crippen LogP contribution in [0.5, 0.6) is 0 Å². The molecule has 0 aliphatic carbocycles. The van der Waals surface area contributed by atoms with E-state index in [9.17, 15) is 4.79 Å². The number of carbonyl (C=O) groups is 1. The van der Waals surface area contributed by atoms with E-state index in [1.807, 2.05) is 42.5 Å². The third-order valence-electron chi connectivity index (χ3n) is 3.30. The van der Waals surface area contributed by atoms with Crippen molar-refractivity contribution in [1.29, 1.82) is 0 Å². The zero-order valence-electron chi connectivity index (χ0n) is 12.5. The average Bonchev–Trinajstić information content (AvgIpc) is 2.52. The molecule has 0 aromatic heterocycles. The van der Waals surface area contributed by atoms with Crippen molar-refractivity contribution in [2.24, 2.45) is 0 Å². The molecule has 0 saturated carbocycles. The highest BCUT2D eigenvalue weighted by molar-refractivity contribution is 5.67. The maximum Gasteiger partial charge on any atom is 0.407 e. The van der Waals surface area contributed by atoms with Crippen LogP contribution in [0.1, 0.15) is 36.5 Å². The van der Waals surface area contributed by atoms with Crippen LogP contribution in [0.2, 0.25) is 0 Å². The molecule has 1 amide bonds. The normalized spacial score (nSPS) is 10.4. The van der Waals surface area contributed by atoms with Gasteiger partial charge in [0.05, 0.1) is 0 Å². The zero-order valence-corrected chi connectivity index (χ0v) is 12.5. The first-order valence-corrected chi connectivity index (χ1v) is 7.18. The lowest BCUT2D eigenvalue weighted by molar-refractivity contribution is 0.139. The maximum atomic E-state index is 11.6. The number of carbonyl (C=O) groups excluding carboxylic acids is 1. The van der Waals surface area contributed by atoms with Crippen molar-refractivity contribution in [1.82, 2.24) is 5.32 Å². The summed E-state index contributed by atoms with van der Waals surface area (Å²) >= 11 is 0. The maximum absolute atomic E-state index is 11.6. The third-order valence-corrected chi connectivity index (χ3v) is 3.30. The van der Waals surface area contributed by atoms with Gasteiger partial charge < -0.3 is 10.1 Å². The molecule has 3 nitrogen and oxygen atoms in total. The minimum Gasteiger partial charge on any atom is -0.445 e. The summed E-state index contributed by atoms with van der Waals surface area (Å²) in [5.41, 5.74) is 3.33. The van der Waals surface area contributed by atoms with Crippen LogP contribution >= 0.6 is 0 Å². The minimum atomic E-state index is -0.396. The van der Waals surface area contributed by atoms with E-state index in [2.05, 4.69) is 31.3 Å². The van der Waals surface area contributed by atoms with E-state index < -0.39 is 6.09 Å². The van der Waals surface area contributed by atoms with E-state index in [0.29, 0.717) is 19.1 Å². The molecule has 2 aromatic rings. The lowest BCUT2D eigenvalue weighted by Gasteiger charge is -2.09. The first-order valence-electron chi connectivity index (χ1n) is 7.18. The van der Waals surface area contributed by atoms with Gasteiger partial charge in [-0.2, -0.15) is 0 Å². The first kappa shape index (κ1) is 15.1. The summed E-state index contributed by atoms with van der Waals surface area (Å²) in [6.07, 6.45) is -0.396. The summed E-state index contributed by atoms with van der Waals surface area (Å²) in [5.74, 6) is 0.508. The van der Waals surface area contributed by atoms with Gasteiger partial charge in [-0.05, 0) is 22.6 Å². The number of nitrogens with one attached hydrogen (secondary N) is 1. The van der Waals surface area contributed by atoms with E-state index >= 15 is 0 Å². The van der Waals surface area contributed by atoms with Crippen LogP contribution in [0, 0.1) is 0 Å². The molecule has 0 bridgehead atoms. The van der Waals surface area contributed by atoms with Crippen LogP contribution in [0.25, 0.3) is 0 Å². The second-order valence-electron chi connectivity index (χ2n) is 5.31. The van der Waals surface area contributed by atoms with Crippen molar-refractivity contribution in [3.63, 3.8) is 0 Å². The van der Waals surface area contributed by atoms with Gasteiger partial charge >= 0.3 is 6.09 Å². The van der Waals surface area contributed by atoms with Crippen molar-refractivity contribution in [3.8, 4) is 0 Å². The molecule has 0 saturated heterocycles. The lowest BCUT2D eigenvalue weighted by atomic mass is 10.0. The Bertz CT molecular complexity index is 562. The standard InChI is InChI=1S/C18H21NO2/c1-14(2)17-10-8-16(9-11-17)13-21-18(20)19-12-15-6-4-3-5-7-15/h3-11,14H,12-13H2,1-2H3,(H,19,20). The molecule has 2 aromatic carbocycles. The highest BCUT2D eigenvalue weighted by Crippen LogP contribution is 2.15. The van der Waals surface area contributed by atoms with Gasteiger partial charge in [-0.15, -0.1) is 0 Å². The Balaban J connectivity index is 1.76. The Morgan fingerprint density at radius 2 is 1.67 bits per heavy atom. The Hall–Kier alpha value is -2.29. The molecule has 0 atom stereocenters. The fourth-order valence-corrected chi connectivity index (χ4v) is 1.97. The van der Waals surface area contributed by atoms with Gasteiger partial charge in [-0.3, -0.25) is 0 Å². The van der Waals surface area contributed by atoms with Gasteiger partial charge in [-0.25, -0.2) is 4.79 Å². The summed E-state index contributed by atoms with van der Waals surface area (Å²) in [4.78, 5) is 11.6. The monoisotopic (exact) mass is 283 g/mol. The lowest BCUT2D eigenvalue weighted by Crippen LogP contribution is -2.23. The topological polar surface area (TPSA) is 38.3 Å². The Labute approximate surface area is 126 Å². The van der Waals surface area contributed by atoms with Gasteiger partial charge in [0.15, 0.2) is 0 Å². The first-order chi connectivity index (χ1) is 10.1. The van der Waals surface area contributed by atoms with Crippen molar-refractivity contribution in [2.45, 2.75) is 32.9 Å². The van der Waals surface area contributed by atoms with Gasteiger partial charge in [0.1, 0.15) is 6.61 Å². The van der Waals surface area contributed by atoms with Crippen molar-refractivity contribution in [3.05, 3.63) is 71.3 Å². The number of ether oxygens (including phenoxy) is 1. The Kier molecular flexibility index (Phi) is 5.38. The molecule has 110 valence electrons. The molecule has 21 heavy (non-hydrogen) atoms. The van der Waals surface area contributed by atoms with E-state index in [1.54, 1.807) is 0 Å². The molecule has 0 aliphatic rings. The molecule has 0 radical (unpaired) electrons. The van der Waals surface area contributed by atoms with Crippen molar-refractivity contribution in [2.75, 3.05) is 0 Å². The molecule has 0 heterocycles. The van der Waals surface area contributed by atoms with Crippen molar-refractivity contribution < 1.29 is 9.53 Å².